The second kappa shape index (κ2) is 9.52. The van der Waals surface area contributed by atoms with Gasteiger partial charge in [0.15, 0.2) is 0 Å². The van der Waals surface area contributed by atoms with Crippen LogP contribution < -0.4 is 5.73 Å². The van der Waals surface area contributed by atoms with Crippen LogP contribution >= 0.6 is 0 Å². The van der Waals surface area contributed by atoms with E-state index in [1.54, 1.807) is 6.20 Å². The molecule has 1 aliphatic rings. The molecule has 4 aromatic rings. The van der Waals surface area contributed by atoms with Crippen molar-refractivity contribution in [3.63, 3.8) is 0 Å². The van der Waals surface area contributed by atoms with Crippen LogP contribution in [0.4, 0.5) is 0 Å². The highest BCUT2D eigenvalue weighted by Gasteiger charge is 2.19. The van der Waals surface area contributed by atoms with Gasteiger partial charge in [0.2, 0.25) is 5.91 Å². The average Bonchev–Trinajstić information content (AvgIpc) is 3.29. The highest BCUT2D eigenvalue weighted by atomic mass is 16.1. The highest BCUT2D eigenvalue weighted by Crippen LogP contribution is 2.29. The van der Waals surface area contributed by atoms with Gasteiger partial charge in [-0.05, 0) is 48.2 Å². The Morgan fingerprint density at radius 1 is 1.15 bits per heavy atom. The first-order valence-corrected chi connectivity index (χ1v) is 11.5. The van der Waals surface area contributed by atoms with Crippen molar-refractivity contribution in [2.45, 2.75) is 32.9 Å². The molecule has 34 heavy (non-hydrogen) atoms. The summed E-state index contributed by atoms with van der Waals surface area (Å²) < 4.78 is 1.92. The maximum Gasteiger partial charge on any atom is 0.231 e. The Balaban J connectivity index is 1.39. The molecule has 1 aromatic carbocycles. The minimum Gasteiger partial charge on any atom is -0.369 e. The SMILES string of the molecule is CCn1cc(-c2ccnc(Cc3ccc4c(c3)CCN(CC(N)=O)C4)n2)c(-c2cccnc2)n1. The minimum atomic E-state index is -0.284. The summed E-state index contributed by atoms with van der Waals surface area (Å²) in [4.78, 5) is 27.0. The van der Waals surface area contributed by atoms with Crippen molar-refractivity contribution in [2.75, 3.05) is 13.1 Å². The second-order valence-electron chi connectivity index (χ2n) is 8.55. The highest BCUT2D eigenvalue weighted by molar-refractivity contribution is 5.78. The number of nitrogens with zero attached hydrogens (tertiary/aromatic N) is 6. The topological polar surface area (TPSA) is 103 Å². The Kier molecular flexibility index (Phi) is 6.14. The third kappa shape index (κ3) is 4.72. The van der Waals surface area contributed by atoms with Crippen LogP contribution in [0.3, 0.4) is 0 Å². The van der Waals surface area contributed by atoms with Crippen LogP contribution in [0, 0.1) is 0 Å². The molecule has 5 rings (SSSR count). The van der Waals surface area contributed by atoms with E-state index in [2.05, 4.69) is 40.0 Å². The predicted octanol–water partition coefficient (Wildman–Crippen LogP) is 2.86. The molecule has 0 fully saturated rings. The average molecular weight is 454 g/mol. The van der Waals surface area contributed by atoms with Crippen LogP contribution in [-0.2, 0) is 30.7 Å². The lowest BCUT2D eigenvalue weighted by Crippen LogP contribution is -2.37. The number of pyridine rings is 1. The molecule has 0 saturated heterocycles. The van der Waals surface area contributed by atoms with Crippen molar-refractivity contribution in [1.82, 2.24) is 29.6 Å². The first-order chi connectivity index (χ1) is 16.6. The van der Waals surface area contributed by atoms with Gasteiger partial charge in [0, 0.05) is 62.0 Å². The quantitative estimate of drug-likeness (QED) is 0.462. The minimum absolute atomic E-state index is 0.284. The lowest BCUT2D eigenvalue weighted by atomic mass is 9.96. The van der Waals surface area contributed by atoms with Gasteiger partial charge >= 0.3 is 0 Å². The number of benzene rings is 1. The van der Waals surface area contributed by atoms with Gasteiger partial charge in [0.25, 0.3) is 0 Å². The molecule has 1 aliphatic heterocycles. The van der Waals surface area contributed by atoms with E-state index < -0.39 is 0 Å². The second-order valence-corrected chi connectivity index (χ2v) is 8.55. The largest absolute Gasteiger partial charge is 0.369 e. The van der Waals surface area contributed by atoms with E-state index in [4.69, 9.17) is 15.8 Å². The Morgan fingerprint density at radius 3 is 2.85 bits per heavy atom. The van der Waals surface area contributed by atoms with Crippen molar-refractivity contribution in [3.8, 4) is 22.5 Å². The number of fused-ring (bicyclic) bond motifs is 1. The lowest BCUT2D eigenvalue weighted by Gasteiger charge is -2.27. The van der Waals surface area contributed by atoms with Crippen molar-refractivity contribution in [1.29, 1.82) is 0 Å². The summed E-state index contributed by atoms with van der Waals surface area (Å²) >= 11 is 0. The van der Waals surface area contributed by atoms with Gasteiger partial charge in [0.05, 0.1) is 12.2 Å². The molecule has 172 valence electrons. The molecule has 0 aliphatic carbocycles. The normalized spacial score (nSPS) is 13.6. The van der Waals surface area contributed by atoms with Crippen LogP contribution in [-0.4, -0.2) is 48.6 Å². The van der Waals surface area contributed by atoms with E-state index in [1.165, 1.54) is 16.7 Å². The zero-order valence-electron chi connectivity index (χ0n) is 19.2. The first kappa shape index (κ1) is 21.9. The Hall–Kier alpha value is -3.91. The molecule has 1 amide bonds. The zero-order chi connectivity index (χ0) is 23.5. The monoisotopic (exact) mass is 453 g/mol. The molecule has 0 bridgehead atoms. The molecule has 4 heterocycles. The summed E-state index contributed by atoms with van der Waals surface area (Å²) in [5, 5.41) is 4.74. The van der Waals surface area contributed by atoms with E-state index in [1.807, 2.05) is 41.5 Å². The van der Waals surface area contributed by atoms with Gasteiger partial charge in [-0.2, -0.15) is 5.10 Å². The van der Waals surface area contributed by atoms with Gasteiger partial charge < -0.3 is 5.73 Å². The smallest absolute Gasteiger partial charge is 0.231 e. The summed E-state index contributed by atoms with van der Waals surface area (Å²) in [6.07, 6.45) is 8.99. The summed E-state index contributed by atoms with van der Waals surface area (Å²) in [5.74, 6) is 0.485. The number of carbonyl (C=O) groups excluding carboxylic acids is 1. The van der Waals surface area contributed by atoms with Crippen molar-refractivity contribution < 1.29 is 4.79 Å². The van der Waals surface area contributed by atoms with Crippen LogP contribution in [0.1, 0.15) is 29.4 Å². The summed E-state index contributed by atoms with van der Waals surface area (Å²) in [6.45, 7) is 4.74. The van der Waals surface area contributed by atoms with E-state index in [-0.39, 0.29) is 5.91 Å². The molecular weight excluding hydrogens is 426 g/mol. The number of hydrogen-bond donors (Lipinski definition) is 1. The fourth-order valence-corrected chi connectivity index (χ4v) is 4.43. The zero-order valence-corrected chi connectivity index (χ0v) is 19.2. The Morgan fingerprint density at radius 2 is 2.06 bits per heavy atom. The van der Waals surface area contributed by atoms with E-state index in [0.29, 0.717) is 13.0 Å². The maximum atomic E-state index is 11.2. The standard InChI is InChI=1S/C26H27N7O/c1-2-33-16-22(26(31-33)20-4-3-9-28-14-20)23-7-10-29-25(30-23)13-18-5-6-21-15-32(17-24(27)34)11-8-19(21)12-18/h3-7,9-10,12,14,16H,2,8,11,13,15,17H2,1H3,(H2,27,34). The molecule has 0 atom stereocenters. The fraction of sp³-hybridized carbons (Fsp3) is 0.269. The first-order valence-electron chi connectivity index (χ1n) is 11.5. The third-order valence-corrected chi connectivity index (χ3v) is 6.11. The van der Waals surface area contributed by atoms with Crippen molar-refractivity contribution in [2.24, 2.45) is 5.73 Å². The molecule has 8 nitrogen and oxygen atoms in total. The molecule has 2 N–H and O–H groups in total. The number of amides is 1. The number of carbonyl (C=O) groups is 1. The molecule has 0 radical (unpaired) electrons. The van der Waals surface area contributed by atoms with Crippen LogP contribution in [0.25, 0.3) is 22.5 Å². The van der Waals surface area contributed by atoms with E-state index in [0.717, 1.165) is 54.4 Å². The number of nitrogens with two attached hydrogens (primary N) is 1. The Bertz CT molecular complexity index is 1320. The lowest BCUT2D eigenvalue weighted by molar-refractivity contribution is -0.119. The molecule has 0 unspecified atom stereocenters. The van der Waals surface area contributed by atoms with E-state index in [9.17, 15) is 4.79 Å². The summed E-state index contributed by atoms with van der Waals surface area (Å²) in [5.41, 5.74) is 12.8. The Labute approximate surface area is 198 Å². The summed E-state index contributed by atoms with van der Waals surface area (Å²) in [6, 6.07) is 12.4. The molecule has 3 aromatic heterocycles. The number of aromatic nitrogens is 5. The van der Waals surface area contributed by atoms with Gasteiger partial charge in [0.1, 0.15) is 11.5 Å². The number of primary amides is 1. The molecule has 8 heteroatoms. The van der Waals surface area contributed by atoms with E-state index >= 15 is 0 Å². The van der Waals surface area contributed by atoms with Crippen LogP contribution in [0.5, 0.6) is 0 Å². The van der Waals surface area contributed by atoms with Gasteiger partial charge in [-0.3, -0.25) is 19.4 Å². The van der Waals surface area contributed by atoms with Gasteiger partial charge in [-0.15, -0.1) is 0 Å². The number of rotatable bonds is 7. The van der Waals surface area contributed by atoms with Crippen molar-refractivity contribution >= 4 is 5.91 Å². The molecule has 0 saturated carbocycles. The van der Waals surface area contributed by atoms with Gasteiger partial charge in [-0.25, -0.2) is 9.97 Å². The van der Waals surface area contributed by atoms with Crippen molar-refractivity contribution in [3.05, 3.63) is 83.7 Å². The van der Waals surface area contributed by atoms with Crippen LogP contribution in [0.2, 0.25) is 0 Å². The third-order valence-electron chi connectivity index (χ3n) is 6.11. The molecule has 0 spiro atoms. The predicted molar refractivity (Wildman–Crippen MR) is 130 cm³/mol. The van der Waals surface area contributed by atoms with Gasteiger partial charge in [-0.1, -0.05) is 18.2 Å². The maximum absolute atomic E-state index is 11.2. The number of hydrogen-bond acceptors (Lipinski definition) is 6. The molecular formula is C26H27N7O. The fourth-order valence-electron chi connectivity index (χ4n) is 4.43. The number of aryl methyl sites for hydroxylation is 1. The van der Waals surface area contributed by atoms with Crippen LogP contribution in [0.15, 0.2) is 61.2 Å². The summed E-state index contributed by atoms with van der Waals surface area (Å²) in [7, 11) is 0.